The molecule has 1 heterocycles. The third kappa shape index (κ3) is 2.91. The molecule has 1 saturated heterocycles. The number of carbonyl (C=O) groups excluding carboxylic acids is 1. The van der Waals surface area contributed by atoms with Crippen molar-refractivity contribution >= 4 is 5.91 Å². The van der Waals surface area contributed by atoms with Gasteiger partial charge in [-0.2, -0.15) is 0 Å². The maximum Gasteiger partial charge on any atom is 0.219 e. The molecule has 3 nitrogen and oxygen atoms in total. The van der Waals surface area contributed by atoms with Crippen molar-refractivity contribution in [1.82, 2.24) is 4.90 Å². The summed E-state index contributed by atoms with van der Waals surface area (Å²) in [6, 6.07) is 8.53. The number of hydrogen-bond acceptors (Lipinski definition) is 2. The molecule has 0 bridgehead atoms. The average Bonchev–Trinajstić information content (AvgIpc) is 2.39. The second-order valence-corrected chi connectivity index (χ2v) is 5.15. The van der Waals surface area contributed by atoms with Gasteiger partial charge in [0.15, 0.2) is 0 Å². The highest BCUT2D eigenvalue weighted by atomic mass is 16.5. The number of morpholine rings is 1. The lowest BCUT2D eigenvalue weighted by Gasteiger charge is -2.32. The SMILES string of the molecule is CC(=O)N1CCOC(c2ccc(C(C)C)cc2)C1. The number of carbonyl (C=O) groups is 1. The molecule has 2 rings (SSSR count). The summed E-state index contributed by atoms with van der Waals surface area (Å²) in [6.45, 7) is 7.97. The molecular formula is C15H21NO2. The van der Waals surface area contributed by atoms with Gasteiger partial charge in [-0.05, 0) is 17.0 Å². The van der Waals surface area contributed by atoms with Gasteiger partial charge in [-0.3, -0.25) is 4.79 Å². The second-order valence-electron chi connectivity index (χ2n) is 5.15. The van der Waals surface area contributed by atoms with Crippen molar-refractivity contribution in [2.75, 3.05) is 19.7 Å². The minimum atomic E-state index is 0.0175. The first-order valence-electron chi connectivity index (χ1n) is 6.55. The average molecular weight is 247 g/mol. The van der Waals surface area contributed by atoms with Gasteiger partial charge in [0, 0.05) is 13.5 Å². The van der Waals surface area contributed by atoms with E-state index >= 15 is 0 Å². The Hall–Kier alpha value is -1.35. The van der Waals surface area contributed by atoms with Crippen LogP contribution in [-0.2, 0) is 9.53 Å². The van der Waals surface area contributed by atoms with Gasteiger partial charge in [-0.25, -0.2) is 0 Å². The molecule has 1 atom stereocenters. The smallest absolute Gasteiger partial charge is 0.219 e. The molecular weight excluding hydrogens is 226 g/mol. The van der Waals surface area contributed by atoms with Crippen LogP contribution in [-0.4, -0.2) is 30.5 Å². The maximum absolute atomic E-state index is 11.4. The highest BCUT2D eigenvalue weighted by Crippen LogP contribution is 2.24. The lowest BCUT2D eigenvalue weighted by Crippen LogP contribution is -2.41. The number of nitrogens with zero attached hydrogens (tertiary/aromatic N) is 1. The Bertz CT molecular complexity index is 411. The molecule has 3 heteroatoms. The van der Waals surface area contributed by atoms with E-state index in [-0.39, 0.29) is 12.0 Å². The fraction of sp³-hybridized carbons (Fsp3) is 0.533. The molecule has 18 heavy (non-hydrogen) atoms. The van der Waals surface area contributed by atoms with Crippen LogP contribution < -0.4 is 0 Å². The van der Waals surface area contributed by atoms with E-state index in [0.29, 0.717) is 25.6 Å². The molecule has 0 radical (unpaired) electrons. The highest BCUT2D eigenvalue weighted by Gasteiger charge is 2.23. The van der Waals surface area contributed by atoms with Gasteiger partial charge in [0.1, 0.15) is 6.10 Å². The summed E-state index contributed by atoms with van der Waals surface area (Å²) in [4.78, 5) is 13.2. The van der Waals surface area contributed by atoms with Crippen LogP contribution in [0.1, 0.15) is 43.9 Å². The zero-order chi connectivity index (χ0) is 13.1. The van der Waals surface area contributed by atoms with Crippen molar-refractivity contribution in [3.05, 3.63) is 35.4 Å². The Balaban J connectivity index is 2.09. The Morgan fingerprint density at radius 3 is 2.56 bits per heavy atom. The number of amides is 1. The van der Waals surface area contributed by atoms with E-state index in [1.54, 1.807) is 6.92 Å². The van der Waals surface area contributed by atoms with E-state index in [1.807, 2.05) is 4.90 Å². The van der Waals surface area contributed by atoms with Crippen LogP contribution in [0.25, 0.3) is 0 Å². The van der Waals surface area contributed by atoms with Gasteiger partial charge >= 0.3 is 0 Å². The number of hydrogen-bond donors (Lipinski definition) is 0. The first kappa shape index (κ1) is 13.1. The summed E-state index contributed by atoms with van der Waals surface area (Å²) in [5.74, 6) is 0.669. The minimum Gasteiger partial charge on any atom is -0.370 e. The normalized spacial score (nSPS) is 20.2. The van der Waals surface area contributed by atoms with Gasteiger partial charge in [-0.1, -0.05) is 38.1 Å². The summed E-state index contributed by atoms with van der Waals surface area (Å²) in [5.41, 5.74) is 2.49. The van der Waals surface area contributed by atoms with Gasteiger partial charge in [0.05, 0.1) is 13.2 Å². The molecule has 0 N–H and O–H groups in total. The van der Waals surface area contributed by atoms with E-state index in [9.17, 15) is 4.79 Å². The molecule has 98 valence electrons. The predicted octanol–water partition coefficient (Wildman–Crippen LogP) is 2.73. The van der Waals surface area contributed by atoms with Gasteiger partial charge in [0.25, 0.3) is 0 Å². The molecule has 1 aliphatic heterocycles. The summed E-state index contributed by atoms with van der Waals surface area (Å²) in [7, 11) is 0. The van der Waals surface area contributed by atoms with Gasteiger partial charge < -0.3 is 9.64 Å². The third-order valence-electron chi connectivity index (χ3n) is 3.49. The fourth-order valence-electron chi connectivity index (χ4n) is 2.23. The van der Waals surface area contributed by atoms with Gasteiger partial charge in [0.2, 0.25) is 5.91 Å². The van der Waals surface area contributed by atoms with Crippen LogP contribution in [0.2, 0.25) is 0 Å². The van der Waals surface area contributed by atoms with Crippen LogP contribution in [0.4, 0.5) is 0 Å². The lowest BCUT2D eigenvalue weighted by molar-refractivity contribution is -0.136. The third-order valence-corrected chi connectivity index (χ3v) is 3.49. The van der Waals surface area contributed by atoms with Crippen LogP contribution in [0.3, 0.4) is 0 Å². The Kier molecular flexibility index (Phi) is 4.02. The fourth-order valence-corrected chi connectivity index (χ4v) is 2.23. The lowest BCUT2D eigenvalue weighted by atomic mass is 9.99. The zero-order valence-electron chi connectivity index (χ0n) is 11.3. The first-order valence-corrected chi connectivity index (χ1v) is 6.55. The molecule has 1 aliphatic rings. The molecule has 1 aromatic carbocycles. The van der Waals surface area contributed by atoms with Crippen molar-refractivity contribution in [3.63, 3.8) is 0 Å². The van der Waals surface area contributed by atoms with E-state index in [2.05, 4.69) is 38.1 Å². The van der Waals surface area contributed by atoms with Crippen molar-refractivity contribution in [2.45, 2.75) is 32.8 Å². The molecule has 1 fully saturated rings. The summed E-state index contributed by atoms with van der Waals surface area (Å²) in [6.07, 6.45) is 0.0175. The molecule has 0 aliphatic carbocycles. The molecule has 1 amide bonds. The Morgan fingerprint density at radius 2 is 2.00 bits per heavy atom. The van der Waals surface area contributed by atoms with Crippen molar-refractivity contribution < 1.29 is 9.53 Å². The van der Waals surface area contributed by atoms with Crippen LogP contribution >= 0.6 is 0 Å². The summed E-state index contributed by atoms with van der Waals surface area (Å²) >= 11 is 0. The van der Waals surface area contributed by atoms with Gasteiger partial charge in [-0.15, -0.1) is 0 Å². The molecule has 0 aromatic heterocycles. The molecule has 0 spiro atoms. The largest absolute Gasteiger partial charge is 0.370 e. The van der Waals surface area contributed by atoms with E-state index < -0.39 is 0 Å². The molecule has 1 unspecified atom stereocenters. The van der Waals surface area contributed by atoms with Crippen molar-refractivity contribution in [2.24, 2.45) is 0 Å². The second kappa shape index (κ2) is 5.53. The number of rotatable bonds is 2. The standard InChI is InChI=1S/C15H21NO2/c1-11(2)13-4-6-14(7-5-13)15-10-16(12(3)17)8-9-18-15/h4-7,11,15H,8-10H2,1-3H3. The summed E-state index contributed by atoms with van der Waals surface area (Å²) < 4.78 is 5.75. The maximum atomic E-state index is 11.4. The zero-order valence-corrected chi connectivity index (χ0v) is 11.3. The van der Waals surface area contributed by atoms with E-state index in [1.165, 1.54) is 5.56 Å². The molecule has 1 aromatic rings. The van der Waals surface area contributed by atoms with Crippen LogP contribution in [0.5, 0.6) is 0 Å². The van der Waals surface area contributed by atoms with E-state index in [4.69, 9.17) is 4.74 Å². The summed E-state index contributed by atoms with van der Waals surface area (Å²) in [5, 5.41) is 0. The number of ether oxygens (including phenoxy) is 1. The van der Waals surface area contributed by atoms with Crippen molar-refractivity contribution in [3.8, 4) is 0 Å². The first-order chi connectivity index (χ1) is 8.58. The highest BCUT2D eigenvalue weighted by molar-refractivity contribution is 5.73. The molecule has 0 saturated carbocycles. The predicted molar refractivity (Wildman–Crippen MR) is 71.5 cm³/mol. The number of benzene rings is 1. The van der Waals surface area contributed by atoms with Crippen molar-refractivity contribution in [1.29, 1.82) is 0 Å². The monoisotopic (exact) mass is 247 g/mol. The quantitative estimate of drug-likeness (QED) is 0.804. The Labute approximate surface area is 109 Å². The minimum absolute atomic E-state index is 0.0175. The van der Waals surface area contributed by atoms with Crippen LogP contribution in [0, 0.1) is 0 Å². The van der Waals surface area contributed by atoms with E-state index in [0.717, 1.165) is 5.56 Å². The Morgan fingerprint density at radius 1 is 1.33 bits per heavy atom. The topological polar surface area (TPSA) is 29.5 Å². The van der Waals surface area contributed by atoms with Crippen LogP contribution in [0.15, 0.2) is 24.3 Å².